The first-order valence-corrected chi connectivity index (χ1v) is 9.91. The molecule has 0 saturated heterocycles. The Bertz CT molecular complexity index is 987. The van der Waals surface area contributed by atoms with Crippen molar-refractivity contribution in [2.45, 2.75) is 32.2 Å². The van der Waals surface area contributed by atoms with Gasteiger partial charge in [-0.2, -0.15) is 0 Å². The lowest BCUT2D eigenvalue weighted by Gasteiger charge is -2.05. The number of benzene rings is 3. The van der Waals surface area contributed by atoms with E-state index in [4.69, 9.17) is 0 Å². The molecule has 0 radical (unpaired) electrons. The molecule has 1 heterocycles. The molecular weight excluding hydrogens is 326 g/mol. The second-order valence-electron chi connectivity index (χ2n) is 7.19. The molecule has 0 bridgehead atoms. The standard InChI is InChI=1S/C26H26N/c1-4-10-23(11-5-1)25-16-14-22(15-17-25)9-3-2-8-19-27-20-18-24-12-6-7-13-26(24)21-27/h1,4-7,10-18,20-21H,2-3,8-9,19H2/q+1. The van der Waals surface area contributed by atoms with Crippen molar-refractivity contribution >= 4 is 10.8 Å². The zero-order valence-electron chi connectivity index (χ0n) is 15.7. The Morgan fingerprint density at radius 3 is 2.07 bits per heavy atom. The van der Waals surface area contributed by atoms with E-state index in [1.54, 1.807) is 0 Å². The number of aryl methyl sites for hydroxylation is 2. The van der Waals surface area contributed by atoms with E-state index < -0.39 is 0 Å². The number of aromatic nitrogens is 1. The van der Waals surface area contributed by atoms with Gasteiger partial charge in [-0.3, -0.25) is 0 Å². The summed E-state index contributed by atoms with van der Waals surface area (Å²) < 4.78 is 2.32. The molecule has 0 saturated carbocycles. The Balaban J connectivity index is 1.24. The molecular formula is C26H26N+. The highest BCUT2D eigenvalue weighted by Crippen LogP contribution is 2.20. The van der Waals surface area contributed by atoms with Crippen LogP contribution < -0.4 is 4.57 Å². The molecule has 134 valence electrons. The van der Waals surface area contributed by atoms with E-state index in [2.05, 4.69) is 102 Å². The summed E-state index contributed by atoms with van der Waals surface area (Å²) in [6, 6.07) is 30.4. The summed E-state index contributed by atoms with van der Waals surface area (Å²) >= 11 is 0. The summed E-state index contributed by atoms with van der Waals surface area (Å²) in [6.45, 7) is 1.10. The lowest BCUT2D eigenvalue weighted by Crippen LogP contribution is -2.32. The van der Waals surface area contributed by atoms with E-state index in [0.29, 0.717) is 0 Å². The van der Waals surface area contributed by atoms with Gasteiger partial charge in [0.1, 0.15) is 6.54 Å². The average molecular weight is 353 g/mol. The fraction of sp³-hybridized carbons (Fsp3) is 0.192. The Kier molecular flexibility index (Phi) is 5.59. The monoisotopic (exact) mass is 352 g/mol. The van der Waals surface area contributed by atoms with Gasteiger partial charge in [0, 0.05) is 17.9 Å². The van der Waals surface area contributed by atoms with Crippen molar-refractivity contribution in [1.29, 1.82) is 0 Å². The molecule has 4 rings (SSSR count). The van der Waals surface area contributed by atoms with Gasteiger partial charge in [0.2, 0.25) is 0 Å². The SMILES string of the molecule is c1ccc(-c2ccc(CCCCC[n+]3ccc4ccccc4c3)cc2)cc1. The number of unbranched alkanes of at least 4 members (excludes halogenated alkanes) is 2. The fourth-order valence-electron chi connectivity index (χ4n) is 3.61. The second kappa shape index (κ2) is 8.64. The van der Waals surface area contributed by atoms with E-state index in [9.17, 15) is 0 Å². The van der Waals surface area contributed by atoms with E-state index in [0.717, 1.165) is 13.0 Å². The summed E-state index contributed by atoms with van der Waals surface area (Å²) in [6.07, 6.45) is 9.37. The molecule has 1 nitrogen and oxygen atoms in total. The van der Waals surface area contributed by atoms with Gasteiger partial charge in [-0.15, -0.1) is 0 Å². The van der Waals surface area contributed by atoms with Crippen LogP contribution in [0.4, 0.5) is 0 Å². The van der Waals surface area contributed by atoms with Crippen LogP contribution in [0.3, 0.4) is 0 Å². The molecule has 1 heteroatoms. The third kappa shape index (κ3) is 4.62. The summed E-state index contributed by atoms with van der Waals surface area (Å²) in [7, 11) is 0. The van der Waals surface area contributed by atoms with E-state index in [1.807, 2.05) is 0 Å². The lowest BCUT2D eigenvalue weighted by molar-refractivity contribution is -0.696. The molecule has 4 aromatic rings. The fourth-order valence-corrected chi connectivity index (χ4v) is 3.61. The Labute approximate surface area is 161 Å². The first-order valence-electron chi connectivity index (χ1n) is 9.91. The molecule has 1 aromatic heterocycles. The van der Waals surface area contributed by atoms with Crippen molar-refractivity contribution in [2.24, 2.45) is 0 Å². The number of hydrogen-bond acceptors (Lipinski definition) is 0. The van der Waals surface area contributed by atoms with E-state index in [-0.39, 0.29) is 0 Å². The van der Waals surface area contributed by atoms with Crippen molar-refractivity contribution in [3.8, 4) is 11.1 Å². The maximum absolute atomic E-state index is 2.32. The van der Waals surface area contributed by atoms with Crippen molar-refractivity contribution in [3.63, 3.8) is 0 Å². The van der Waals surface area contributed by atoms with Gasteiger partial charge in [0.25, 0.3) is 0 Å². The van der Waals surface area contributed by atoms with Gasteiger partial charge in [-0.1, -0.05) is 72.8 Å². The normalized spacial score (nSPS) is 11.0. The van der Waals surface area contributed by atoms with Gasteiger partial charge >= 0.3 is 0 Å². The molecule has 0 N–H and O–H groups in total. The van der Waals surface area contributed by atoms with Crippen LogP contribution >= 0.6 is 0 Å². The second-order valence-corrected chi connectivity index (χ2v) is 7.19. The first-order chi connectivity index (χ1) is 13.4. The minimum Gasteiger partial charge on any atom is -0.205 e. The van der Waals surface area contributed by atoms with Crippen molar-refractivity contribution in [3.05, 3.63) is 103 Å². The van der Waals surface area contributed by atoms with Crippen LogP contribution in [0.5, 0.6) is 0 Å². The molecule has 0 spiro atoms. The minimum absolute atomic E-state index is 1.10. The molecule has 0 atom stereocenters. The molecule has 0 aliphatic carbocycles. The molecule has 0 unspecified atom stereocenters. The highest BCUT2D eigenvalue weighted by Gasteiger charge is 2.03. The van der Waals surface area contributed by atoms with E-state index >= 15 is 0 Å². The first kappa shape index (κ1) is 17.5. The van der Waals surface area contributed by atoms with Gasteiger partial charge in [-0.25, -0.2) is 4.57 Å². The molecule has 27 heavy (non-hydrogen) atoms. The smallest absolute Gasteiger partial charge is 0.176 e. The summed E-state index contributed by atoms with van der Waals surface area (Å²) in [5.41, 5.74) is 4.02. The zero-order valence-corrected chi connectivity index (χ0v) is 15.7. The predicted molar refractivity (Wildman–Crippen MR) is 114 cm³/mol. The molecule has 0 amide bonds. The Morgan fingerprint density at radius 1 is 0.556 bits per heavy atom. The number of nitrogens with zero attached hydrogens (tertiary/aromatic N) is 1. The van der Waals surface area contributed by atoms with Crippen molar-refractivity contribution in [2.75, 3.05) is 0 Å². The van der Waals surface area contributed by atoms with Gasteiger partial charge < -0.3 is 0 Å². The number of fused-ring (bicyclic) bond motifs is 1. The van der Waals surface area contributed by atoms with Crippen LogP contribution in [-0.2, 0) is 13.0 Å². The molecule has 0 fully saturated rings. The van der Waals surface area contributed by atoms with Gasteiger partial charge in [0.15, 0.2) is 12.4 Å². The average Bonchev–Trinajstić information content (AvgIpc) is 2.74. The Morgan fingerprint density at radius 2 is 1.26 bits per heavy atom. The molecule has 0 aliphatic rings. The minimum atomic E-state index is 1.10. The van der Waals surface area contributed by atoms with Crippen molar-refractivity contribution in [1.82, 2.24) is 0 Å². The maximum atomic E-state index is 2.32. The number of rotatable bonds is 7. The third-order valence-corrected chi connectivity index (χ3v) is 5.19. The van der Waals surface area contributed by atoms with Crippen LogP contribution in [0, 0.1) is 0 Å². The summed E-state index contributed by atoms with van der Waals surface area (Å²) in [4.78, 5) is 0. The van der Waals surface area contributed by atoms with Gasteiger partial charge in [0.05, 0.1) is 0 Å². The predicted octanol–water partition coefficient (Wildman–Crippen LogP) is 6.21. The highest BCUT2D eigenvalue weighted by atomic mass is 14.9. The largest absolute Gasteiger partial charge is 0.205 e. The number of hydrogen-bond donors (Lipinski definition) is 0. The lowest BCUT2D eigenvalue weighted by atomic mass is 10.0. The maximum Gasteiger partial charge on any atom is 0.176 e. The third-order valence-electron chi connectivity index (χ3n) is 5.19. The highest BCUT2D eigenvalue weighted by molar-refractivity contribution is 5.80. The van der Waals surface area contributed by atoms with Crippen LogP contribution in [0.25, 0.3) is 21.9 Å². The van der Waals surface area contributed by atoms with Crippen LogP contribution in [0.2, 0.25) is 0 Å². The van der Waals surface area contributed by atoms with Gasteiger partial charge in [-0.05, 0) is 47.4 Å². The quantitative estimate of drug-likeness (QED) is 0.275. The molecule has 3 aromatic carbocycles. The zero-order chi connectivity index (χ0) is 18.3. The summed E-state index contributed by atoms with van der Waals surface area (Å²) in [5, 5.41) is 2.63. The Hall–Kier alpha value is -2.93. The van der Waals surface area contributed by atoms with Crippen LogP contribution in [0.1, 0.15) is 24.8 Å². The van der Waals surface area contributed by atoms with Crippen LogP contribution in [0.15, 0.2) is 97.3 Å². The molecule has 0 aliphatic heterocycles. The number of pyridine rings is 1. The topological polar surface area (TPSA) is 3.88 Å². The van der Waals surface area contributed by atoms with E-state index in [1.165, 1.54) is 46.7 Å². The van der Waals surface area contributed by atoms with Crippen molar-refractivity contribution < 1.29 is 4.57 Å². The van der Waals surface area contributed by atoms with Crippen LogP contribution in [-0.4, -0.2) is 0 Å². The summed E-state index contributed by atoms with van der Waals surface area (Å²) in [5.74, 6) is 0.